The zero-order valence-corrected chi connectivity index (χ0v) is 19.7. The van der Waals surface area contributed by atoms with Gasteiger partial charge in [-0.2, -0.15) is 4.98 Å². The van der Waals surface area contributed by atoms with Crippen LogP contribution in [0.5, 0.6) is 0 Å². The molecule has 1 fully saturated rings. The number of hydrogen-bond donors (Lipinski definition) is 1. The van der Waals surface area contributed by atoms with E-state index in [1.807, 2.05) is 32.9 Å². The van der Waals surface area contributed by atoms with Gasteiger partial charge < -0.3 is 15.0 Å². The van der Waals surface area contributed by atoms with Crippen molar-refractivity contribution in [3.05, 3.63) is 39.8 Å². The normalized spacial score (nSPS) is 19.0. The Bertz CT molecular complexity index is 941. The van der Waals surface area contributed by atoms with Crippen LogP contribution in [0.25, 0.3) is 0 Å². The van der Waals surface area contributed by atoms with Crippen LogP contribution >= 0.6 is 23.2 Å². The molecule has 1 atom stereocenters. The Hall–Kier alpha value is -2.23. The zero-order chi connectivity index (χ0) is 22.4. The summed E-state index contributed by atoms with van der Waals surface area (Å²) in [6, 6.07) is 0. The monoisotopic (exact) mass is 462 g/mol. The van der Waals surface area contributed by atoms with Gasteiger partial charge in [-0.15, -0.1) is 0 Å². The van der Waals surface area contributed by atoms with Gasteiger partial charge in [0.05, 0.1) is 10.6 Å². The van der Waals surface area contributed by atoms with Crippen LogP contribution in [0, 0.1) is 17.8 Å². The third kappa shape index (κ3) is 7.15. The maximum Gasteiger partial charge on any atom is 0.410 e. The molecule has 2 heterocycles. The molecule has 2 aliphatic rings. The number of anilines is 1. The average molecular weight is 463 g/mol. The lowest BCUT2D eigenvalue weighted by atomic mass is 9.98. The summed E-state index contributed by atoms with van der Waals surface area (Å²) in [5, 5.41) is 4.17. The van der Waals surface area contributed by atoms with E-state index in [1.165, 1.54) is 0 Å². The van der Waals surface area contributed by atoms with Crippen LogP contribution in [0.3, 0.4) is 0 Å². The summed E-state index contributed by atoms with van der Waals surface area (Å²) < 4.78 is 5.51. The van der Waals surface area contributed by atoms with E-state index in [2.05, 4.69) is 27.1 Å². The first-order valence-electron chi connectivity index (χ1n) is 10.5. The Balaban J connectivity index is 1.65. The van der Waals surface area contributed by atoms with Gasteiger partial charge in [0.2, 0.25) is 5.28 Å². The van der Waals surface area contributed by atoms with E-state index in [4.69, 9.17) is 27.9 Å². The number of amides is 1. The Kier molecular flexibility index (Phi) is 7.85. The number of ether oxygens (including phenoxy) is 1. The van der Waals surface area contributed by atoms with Crippen LogP contribution in [0.15, 0.2) is 29.0 Å². The minimum Gasteiger partial charge on any atom is -0.444 e. The van der Waals surface area contributed by atoms with Gasteiger partial charge in [0.15, 0.2) is 0 Å². The highest BCUT2D eigenvalue weighted by molar-refractivity contribution is 6.32. The van der Waals surface area contributed by atoms with Crippen molar-refractivity contribution < 1.29 is 9.53 Å². The van der Waals surface area contributed by atoms with E-state index in [-0.39, 0.29) is 17.3 Å². The number of piperidine rings is 1. The number of carbonyl (C=O) groups is 1. The number of nitrogens with zero attached hydrogens (tertiary/aromatic N) is 3. The second-order valence-electron chi connectivity index (χ2n) is 8.71. The fourth-order valence-electron chi connectivity index (χ4n) is 3.44. The molecule has 0 unspecified atom stereocenters. The lowest BCUT2D eigenvalue weighted by Crippen LogP contribution is -2.44. The molecule has 166 valence electrons. The number of aromatic nitrogens is 2. The minimum absolute atomic E-state index is 0.155. The predicted octanol–water partition coefficient (Wildman–Crippen LogP) is 5.38. The Morgan fingerprint density at radius 1 is 1.29 bits per heavy atom. The number of carbonyl (C=O) groups excluding carboxylic acids is 1. The molecule has 6 nitrogen and oxygen atoms in total. The Morgan fingerprint density at radius 3 is 2.81 bits per heavy atom. The molecular formula is C23H28Cl2N4O2. The highest BCUT2D eigenvalue weighted by Crippen LogP contribution is 2.23. The number of allylic oxidation sites excluding steroid dienone is 4. The summed E-state index contributed by atoms with van der Waals surface area (Å²) in [5.74, 6) is 7.07. The van der Waals surface area contributed by atoms with Crippen LogP contribution < -0.4 is 5.32 Å². The average Bonchev–Trinajstić information content (AvgIpc) is 2.71. The molecule has 1 aliphatic heterocycles. The molecule has 1 saturated heterocycles. The summed E-state index contributed by atoms with van der Waals surface area (Å²) in [7, 11) is 0. The van der Waals surface area contributed by atoms with Crippen molar-refractivity contribution >= 4 is 35.1 Å². The van der Waals surface area contributed by atoms with Crippen LogP contribution in [0.1, 0.15) is 52.0 Å². The van der Waals surface area contributed by atoms with Gasteiger partial charge in [0.1, 0.15) is 11.4 Å². The molecule has 1 N–H and O–H groups in total. The highest BCUT2D eigenvalue weighted by Gasteiger charge is 2.27. The van der Waals surface area contributed by atoms with Gasteiger partial charge in [-0.05, 0) is 64.0 Å². The topological polar surface area (TPSA) is 67.3 Å². The molecule has 0 bridgehead atoms. The quantitative estimate of drug-likeness (QED) is 0.481. The van der Waals surface area contributed by atoms with Gasteiger partial charge in [0.25, 0.3) is 0 Å². The molecule has 31 heavy (non-hydrogen) atoms. The fourth-order valence-corrected chi connectivity index (χ4v) is 3.81. The zero-order valence-electron chi connectivity index (χ0n) is 18.2. The highest BCUT2D eigenvalue weighted by atomic mass is 35.5. The van der Waals surface area contributed by atoms with E-state index < -0.39 is 5.60 Å². The summed E-state index contributed by atoms with van der Waals surface area (Å²) in [5.41, 5.74) is 0.966. The number of halogens is 2. The smallest absolute Gasteiger partial charge is 0.410 e. The molecule has 0 aromatic carbocycles. The van der Waals surface area contributed by atoms with Gasteiger partial charge in [-0.1, -0.05) is 35.6 Å². The lowest BCUT2D eigenvalue weighted by molar-refractivity contribution is 0.0172. The molecule has 1 aromatic rings. The molecule has 1 aromatic heterocycles. The summed E-state index contributed by atoms with van der Waals surface area (Å²) in [6.45, 7) is 7.62. The number of rotatable bonds is 3. The van der Waals surface area contributed by atoms with Crippen molar-refractivity contribution in [3.8, 4) is 11.8 Å². The molecular weight excluding hydrogens is 435 g/mol. The van der Waals surface area contributed by atoms with Gasteiger partial charge in [-0.25, -0.2) is 9.78 Å². The molecule has 8 heteroatoms. The van der Waals surface area contributed by atoms with Crippen molar-refractivity contribution in [2.45, 2.75) is 52.1 Å². The maximum atomic E-state index is 12.4. The van der Waals surface area contributed by atoms with Gasteiger partial charge in [-0.3, -0.25) is 0 Å². The summed E-state index contributed by atoms with van der Waals surface area (Å²) >= 11 is 12.3. The molecule has 3 rings (SSSR count). The second-order valence-corrected chi connectivity index (χ2v) is 9.46. The Labute approximate surface area is 194 Å². The molecule has 0 radical (unpaired) electrons. The van der Waals surface area contributed by atoms with Gasteiger partial charge in [0, 0.05) is 31.4 Å². The van der Waals surface area contributed by atoms with Crippen molar-refractivity contribution in [1.82, 2.24) is 14.9 Å². The molecule has 0 spiro atoms. The first-order valence-corrected chi connectivity index (χ1v) is 11.3. The Morgan fingerprint density at radius 2 is 2.06 bits per heavy atom. The third-order valence-corrected chi connectivity index (χ3v) is 5.46. The molecule has 0 saturated carbocycles. The summed E-state index contributed by atoms with van der Waals surface area (Å²) in [4.78, 5) is 22.6. The number of hydrogen-bond acceptors (Lipinski definition) is 5. The SMILES string of the molecule is CC(C)(C)OC(=O)N1CCC[C@@H](CNc2nc(Cl)ncc2C#CC2=CCCC=C2Cl)C1. The standard InChI is InChI=1S/C23H28Cl2N4O2/c1-23(2,3)31-22(30)29-12-6-7-16(15-29)13-26-20-18(14-27-21(25)28-20)11-10-17-8-4-5-9-19(17)24/h8-9,14,16H,4-7,12-13,15H2,1-3H3,(H,26,27,28)/t16-/m0/s1. The van der Waals surface area contributed by atoms with Crippen molar-refractivity contribution in [1.29, 1.82) is 0 Å². The predicted molar refractivity (Wildman–Crippen MR) is 124 cm³/mol. The van der Waals surface area contributed by atoms with E-state index in [0.717, 1.165) is 31.3 Å². The van der Waals surface area contributed by atoms with Crippen LogP contribution in [-0.2, 0) is 4.74 Å². The van der Waals surface area contributed by atoms with Crippen LogP contribution in [-0.4, -0.2) is 46.2 Å². The van der Waals surface area contributed by atoms with Crippen LogP contribution in [0.4, 0.5) is 10.6 Å². The lowest BCUT2D eigenvalue weighted by Gasteiger charge is -2.34. The van der Waals surface area contributed by atoms with Gasteiger partial charge >= 0.3 is 6.09 Å². The fraction of sp³-hybridized carbons (Fsp3) is 0.522. The van der Waals surface area contributed by atoms with E-state index in [1.54, 1.807) is 11.1 Å². The van der Waals surface area contributed by atoms with Crippen molar-refractivity contribution in [3.63, 3.8) is 0 Å². The minimum atomic E-state index is -0.501. The molecule has 1 amide bonds. The summed E-state index contributed by atoms with van der Waals surface area (Å²) in [6.07, 6.45) is 9.16. The first-order chi connectivity index (χ1) is 14.7. The van der Waals surface area contributed by atoms with E-state index >= 15 is 0 Å². The second kappa shape index (κ2) is 10.4. The maximum absolute atomic E-state index is 12.4. The van der Waals surface area contributed by atoms with Crippen molar-refractivity contribution in [2.24, 2.45) is 5.92 Å². The number of nitrogens with one attached hydrogen (secondary N) is 1. The number of likely N-dealkylation sites (tertiary alicyclic amines) is 1. The first kappa shape index (κ1) is 23.4. The van der Waals surface area contributed by atoms with Crippen molar-refractivity contribution in [2.75, 3.05) is 25.0 Å². The largest absolute Gasteiger partial charge is 0.444 e. The third-order valence-electron chi connectivity index (χ3n) is 4.92. The molecule has 1 aliphatic carbocycles. The van der Waals surface area contributed by atoms with Crippen LogP contribution in [0.2, 0.25) is 5.28 Å². The van der Waals surface area contributed by atoms with E-state index in [0.29, 0.717) is 36.0 Å². The van der Waals surface area contributed by atoms with E-state index in [9.17, 15) is 4.79 Å².